The molecule has 1 atom stereocenters. The Labute approximate surface area is 158 Å². The van der Waals surface area contributed by atoms with Gasteiger partial charge in [0.25, 0.3) is 11.7 Å². The number of aryl methyl sites for hydroxylation is 1. The highest BCUT2D eigenvalue weighted by Crippen LogP contribution is 2.39. The van der Waals surface area contributed by atoms with Crippen LogP contribution >= 0.6 is 0 Å². The first-order valence-corrected chi connectivity index (χ1v) is 9.09. The second-order valence-electron chi connectivity index (χ2n) is 7.12. The van der Waals surface area contributed by atoms with E-state index in [1.54, 1.807) is 36.4 Å². The van der Waals surface area contributed by atoms with E-state index in [1.807, 2.05) is 27.1 Å². The summed E-state index contributed by atoms with van der Waals surface area (Å²) in [6, 6.07) is 11.6. The quantitative estimate of drug-likeness (QED) is 0.460. The SMILES string of the molecule is Cc1ccc([C@H]2/C(=C(\O)c3ccccc3)C(=O)C(=O)N2CCC[NH+](C)C)o1. The molecule has 1 aromatic carbocycles. The molecule has 3 rings (SSSR count). The van der Waals surface area contributed by atoms with Gasteiger partial charge in [0.05, 0.1) is 26.2 Å². The van der Waals surface area contributed by atoms with E-state index in [2.05, 4.69) is 0 Å². The zero-order valence-electron chi connectivity index (χ0n) is 15.9. The van der Waals surface area contributed by atoms with Crippen molar-refractivity contribution >= 4 is 17.4 Å². The van der Waals surface area contributed by atoms with E-state index in [9.17, 15) is 14.7 Å². The largest absolute Gasteiger partial charge is 0.507 e. The third-order valence-electron chi connectivity index (χ3n) is 4.69. The lowest BCUT2D eigenvalue weighted by atomic mass is 9.99. The molecule has 2 heterocycles. The van der Waals surface area contributed by atoms with Crippen LogP contribution in [0.4, 0.5) is 0 Å². The van der Waals surface area contributed by atoms with Crippen LogP contribution in [0, 0.1) is 6.92 Å². The van der Waals surface area contributed by atoms with E-state index in [0.717, 1.165) is 13.0 Å². The lowest BCUT2D eigenvalue weighted by molar-refractivity contribution is -0.858. The summed E-state index contributed by atoms with van der Waals surface area (Å²) in [4.78, 5) is 28.2. The van der Waals surface area contributed by atoms with E-state index < -0.39 is 17.7 Å². The lowest BCUT2D eigenvalue weighted by Gasteiger charge is -2.23. The van der Waals surface area contributed by atoms with Crippen molar-refractivity contribution in [2.24, 2.45) is 0 Å². The standard InChI is InChI=1S/C21H24N2O4/c1-14-10-11-16(27-14)18-17(19(24)15-8-5-4-6-9-15)20(25)21(26)23(18)13-7-12-22(2)3/h4-6,8-11,18,24H,7,12-13H2,1-3H3/p+1/b19-17+/t18-/m0/s1. The number of benzene rings is 1. The maximum atomic E-state index is 12.8. The Kier molecular flexibility index (Phi) is 5.46. The maximum Gasteiger partial charge on any atom is 0.295 e. The number of quaternary nitrogens is 1. The predicted octanol–water partition coefficient (Wildman–Crippen LogP) is 1.54. The molecule has 6 nitrogen and oxygen atoms in total. The minimum atomic E-state index is -0.712. The van der Waals surface area contributed by atoms with Crippen molar-refractivity contribution in [1.82, 2.24) is 4.90 Å². The minimum Gasteiger partial charge on any atom is -0.507 e. The zero-order valence-corrected chi connectivity index (χ0v) is 15.9. The van der Waals surface area contributed by atoms with Gasteiger partial charge in [-0.05, 0) is 19.1 Å². The van der Waals surface area contributed by atoms with Gasteiger partial charge in [0.1, 0.15) is 23.3 Å². The molecule has 0 aliphatic carbocycles. The molecule has 1 aliphatic rings. The second kappa shape index (κ2) is 7.80. The van der Waals surface area contributed by atoms with Crippen molar-refractivity contribution in [3.05, 3.63) is 65.1 Å². The molecular formula is C21H25N2O4+. The average Bonchev–Trinajstić information content (AvgIpc) is 3.18. The van der Waals surface area contributed by atoms with Crippen molar-refractivity contribution in [2.45, 2.75) is 19.4 Å². The Bertz CT molecular complexity index is 867. The fraction of sp³-hybridized carbons (Fsp3) is 0.333. The van der Waals surface area contributed by atoms with Crippen LogP contribution in [0.5, 0.6) is 0 Å². The first kappa shape index (κ1) is 18.9. The van der Waals surface area contributed by atoms with Crippen molar-refractivity contribution in [1.29, 1.82) is 0 Å². The van der Waals surface area contributed by atoms with Gasteiger partial charge in [-0.25, -0.2) is 0 Å². The minimum absolute atomic E-state index is 0.0813. The molecule has 0 spiro atoms. The Morgan fingerprint density at radius 1 is 1.15 bits per heavy atom. The number of likely N-dealkylation sites (tertiary alicyclic amines) is 1. The van der Waals surface area contributed by atoms with Crippen molar-refractivity contribution in [3.63, 3.8) is 0 Å². The van der Waals surface area contributed by atoms with Gasteiger partial charge in [0.2, 0.25) is 0 Å². The third kappa shape index (κ3) is 3.80. The zero-order chi connectivity index (χ0) is 19.6. The van der Waals surface area contributed by atoms with Crippen LogP contribution in [-0.4, -0.2) is 48.9 Å². The Morgan fingerprint density at radius 3 is 2.44 bits per heavy atom. The number of aliphatic hydroxyl groups excluding tert-OH is 1. The van der Waals surface area contributed by atoms with Gasteiger partial charge in [-0.1, -0.05) is 30.3 Å². The molecule has 0 unspecified atom stereocenters. The summed E-state index contributed by atoms with van der Waals surface area (Å²) >= 11 is 0. The maximum absolute atomic E-state index is 12.8. The van der Waals surface area contributed by atoms with Crippen molar-refractivity contribution in [2.75, 3.05) is 27.2 Å². The second-order valence-corrected chi connectivity index (χ2v) is 7.12. The smallest absolute Gasteiger partial charge is 0.295 e. The summed E-state index contributed by atoms with van der Waals surface area (Å²) in [5.74, 6) is -0.268. The highest BCUT2D eigenvalue weighted by molar-refractivity contribution is 6.46. The fourth-order valence-electron chi connectivity index (χ4n) is 3.36. The number of aliphatic hydroxyl groups is 1. The van der Waals surface area contributed by atoms with Gasteiger partial charge in [0, 0.05) is 18.5 Å². The molecule has 0 radical (unpaired) electrons. The van der Waals surface area contributed by atoms with Crippen LogP contribution in [0.25, 0.3) is 5.76 Å². The van der Waals surface area contributed by atoms with E-state index in [1.165, 1.54) is 9.80 Å². The molecule has 6 heteroatoms. The first-order valence-electron chi connectivity index (χ1n) is 9.09. The number of ketones is 1. The number of nitrogens with one attached hydrogen (secondary N) is 1. The highest BCUT2D eigenvalue weighted by atomic mass is 16.3. The molecular weight excluding hydrogens is 344 g/mol. The molecule has 1 aromatic heterocycles. The van der Waals surface area contributed by atoms with Gasteiger partial charge < -0.3 is 19.3 Å². The summed E-state index contributed by atoms with van der Waals surface area (Å²) in [6.45, 7) is 3.10. The van der Waals surface area contributed by atoms with E-state index in [-0.39, 0.29) is 11.3 Å². The number of hydrogen-bond acceptors (Lipinski definition) is 4. The summed E-state index contributed by atoms with van der Waals surface area (Å²) in [5.41, 5.74) is 0.583. The fourth-order valence-corrected chi connectivity index (χ4v) is 3.36. The average molecular weight is 369 g/mol. The van der Waals surface area contributed by atoms with Gasteiger partial charge in [0.15, 0.2) is 0 Å². The van der Waals surface area contributed by atoms with Gasteiger partial charge in [-0.3, -0.25) is 9.59 Å². The molecule has 27 heavy (non-hydrogen) atoms. The van der Waals surface area contributed by atoms with Crippen LogP contribution in [0.2, 0.25) is 0 Å². The van der Waals surface area contributed by atoms with Gasteiger partial charge >= 0.3 is 0 Å². The molecule has 142 valence electrons. The Morgan fingerprint density at radius 2 is 1.85 bits per heavy atom. The molecule has 2 N–H and O–H groups in total. The molecule has 2 aromatic rings. The summed E-state index contributed by atoms with van der Waals surface area (Å²) in [5, 5.41) is 10.8. The monoisotopic (exact) mass is 369 g/mol. The van der Waals surface area contributed by atoms with Crippen LogP contribution in [0.1, 0.15) is 29.5 Å². The van der Waals surface area contributed by atoms with Crippen LogP contribution in [-0.2, 0) is 9.59 Å². The molecule has 1 amide bonds. The molecule has 1 aliphatic heterocycles. The number of carbonyl (C=O) groups excluding carboxylic acids is 2. The van der Waals surface area contributed by atoms with E-state index in [4.69, 9.17) is 4.42 Å². The van der Waals surface area contributed by atoms with Crippen LogP contribution in [0.3, 0.4) is 0 Å². The summed E-state index contributed by atoms with van der Waals surface area (Å²) in [7, 11) is 4.08. The number of furan rings is 1. The van der Waals surface area contributed by atoms with Gasteiger partial charge in [-0.15, -0.1) is 0 Å². The Hall–Kier alpha value is -2.86. The van der Waals surface area contributed by atoms with Crippen molar-refractivity contribution < 1.29 is 24.0 Å². The third-order valence-corrected chi connectivity index (χ3v) is 4.69. The summed E-state index contributed by atoms with van der Waals surface area (Å²) in [6.07, 6.45) is 0.747. The number of nitrogens with zero attached hydrogens (tertiary/aromatic N) is 1. The first-order chi connectivity index (χ1) is 12.9. The topological polar surface area (TPSA) is 75.2 Å². The number of Topliss-reactive ketones (excluding diaryl/α,β-unsaturated/α-hetero) is 1. The summed E-state index contributed by atoms with van der Waals surface area (Å²) < 4.78 is 5.74. The number of amides is 1. The molecule has 1 fully saturated rings. The number of rotatable bonds is 6. The molecule has 0 saturated carbocycles. The highest BCUT2D eigenvalue weighted by Gasteiger charge is 2.47. The number of carbonyl (C=O) groups is 2. The van der Waals surface area contributed by atoms with Crippen LogP contribution < -0.4 is 4.90 Å². The van der Waals surface area contributed by atoms with E-state index in [0.29, 0.717) is 23.6 Å². The molecule has 1 saturated heterocycles. The van der Waals surface area contributed by atoms with E-state index >= 15 is 0 Å². The number of hydrogen-bond donors (Lipinski definition) is 2. The lowest BCUT2D eigenvalue weighted by Crippen LogP contribution is -3.05. The van der Waals surface area contributed by atoms with Crippen LogP contribution in [0.15, 0.2) is 52.5 Å². The van der Waals surface area contributed by atoms with Crippen molar-refractivity contribution in [3.8, 4) is 0 Å². The Balaban J connectivity index is 2.05. The predicted molar refractivity (Wildman–Crippen MR) is 101 cm³/mol. The normalized spacial score (nSPS) is 19.3. The van der Waals surface area contributed by atoms with Gasteiger partial charge in [-0.2, -0.15) is 0 Å². The molecule has 0 bridgehead atoms.